The Kier molecular flexibility index (Phi) is 4.45. The molecule has 92 valence electrons. The molecule has 1 unspecified atom stereocenters. The van der Waals surface area contributed by atoms with Gasteiger partial charge >= 0.3 is 5.97 Å². The first-order valence-corrected chi connectivity index (χ1v) is 5.12. The number of nitro benzene ring substituents is 1. The molecule has 0 aliphatic rings. The number of hydrogen-bond acceptors (Lipinski definition) is 4. The van der Waals surface area contributed by atoms with Gasteiger partial charge in [-0.15, -0.1) is 0 Å². The van der Waals surface area contributed by atoms with Crippen LogP contribution < -0.4 is 4.74 Å². The maximum atomic E-state index is 10.5. The van der Waals surface area contributed by atoms with Crippen LogP contribution in [0.2, 0.25) is 0 Å². The van der Waals surface area contributed by atoms with Crippen molar-refractivity contribution in [2.45, 2.75) is 25.9 Å². The lowest BCUT2D eigenvalue weighted by atomic mass is 10.2. The van der Waals surface area contributed by atoms with Crippen LogP contribution in [0.3, 0.4) is 0 Å². The Labute approximate surface area is 98.0 Å². The van der Waals surface area contributed by atoms with Gasteiger partial charge in [0.1, 0.15) is 5.75 Å². The van der Waals surface area contributed by atoms with Gasteiger partial charge in [0, 0.05) is 12.5 Å². The van der Waals surface area contributed by atoms with Crippen LogP contribution in [0.5, 0.6) is 5.75 Å². The first-order chi connectivity index (χ1) is 7.99. The molecular formula is C11H13NO5. The van der Waals surface area contributed by atoms with Gasteiger partial charge in [0.05, 0.1) is 17.1 Å². The summed E-state index contributed by atoms with van der Waals surface area (Å²) in [4.78, 5) is 20.4. The number of aliphatic carboxylic acids is 1. The molecule has 1 rings (SSSR count). The van der Waals surface area contributed by atoms with Gasteiger partial charge in [0.2, 0.25) is 0 Å². The molecule has 17 heavy (non-hydrogen) atoms. The van der Waals surface area contributed by atoms with Crippen molar-refractivity contribution in [3.05, 3.63) is 34.4 Å². The summed E-state index contributed by atoms with van der Waals surface area (Å²) in [5, 5.41) is 19.0. The van der Waals surface area contributed by atoms with Crippen LogP contribution in [0.4, 0.5) is 5.69 Å². The molecule has 0 aliphatic carbocycles. The third-order valence-electron chi connectivity index (χ3n) is 2.13. The molecule has 0 fully saturated rings. The Morgan fingerprint density at radius 3 is 2.88 bits per heavy atom. The van der Waals surface area contributed by atoms with E-state index in [0.29, 0.717) is 12.2 Å². The zero-order valence-electron chi connectivity index (χ0n) is 9.33. The molecule has 1 N–H and O–H groups in total. The number of rotatable bonds is 6. The average molecular weight is 239 g/mol. The average Bonchev–Trinajstić information content (AvgIpc) is 2.26. The van der Waals surface area contributed by atoms with Crippen LogP contribution in [0.1, 0.15) is 19.8 Å². The Morgan fingerprint density at radius 1 is 1.59 bits per heavy atom. The number of nitro groups is 1. The number of ether oxygens (including phenoxy) is 1. The molecule has 0 radical (unpaired) electrons. The van der Waals surface area contributed by atoms with Crippen molar-refractivity contribution in [3.63, 3.8) is 0 Å². The fourth-order valence-corrected chi connectivity index (χ4v) is 1.29. The fraction of sp³-hybridized carbons (Fsp3) is 0.364. The van der Waals surface area contributed by atoms with E-state index in [-0.39, 0.29) is 18.2 Å². The lowest BCUT2D eigenvalue weighted by molar-refractivity contribution is -0.384. The second-order valence-corrected chi connectivity index (χ2v) is 3.62. The van der Waals surface area contributed by atoms with E-state index < -0.39 is 10.9 Å². The summed E-state index contributed by atoms with van der Waals surface area (Å²) in [6.45, 7) is 1.72. The molecule has 0 aliphatic heterocycles. The van der Waals surface area contributed by atoms with E-state index in [2.05, 4.69) is 0 Å². The minimum atomic E-state index is -0.889. The number of non-ortho nitro benzene ring substituents is 1. The zero-order chi connectivity index (χ0) is 12.8. The predicted octanol–water partition coefficient (Wildman–Crippen LogP) is 2.23. The Bertz CT molecular complexity index is 418. The van der Waals surface area contributed by atoms with Crippen molar-refractivity contribution < 1.29 is 19.6 Å². The number of hydrogen-bond donors (Lipinski definition) is 1. The van der Waals surface area contributed by atoms with E-state index in [4.69, 9.17) is 9.84 Å². The van der Waals surface area contributed by atoms with Crippen molar-refractivity contribution in [1.29, 1.82) is 0 Å². The second kappa shape index (κ2) is 5.83. The molecule has 0 spiro atoms. The molecule has 1 aromatic rings. The van der Waals surface area contributed by atoms with E-state index in [1.807, 2.05) is 0 Å². The SMILES string of the molecule is CC(CCC(=O)O)Oc1cccc([N+](=O)[O-])c1. The molecule has 0 saturated heterocycles. The molecule has 0 amide bonds. The standard InChI is InChI=1S/C11H13NO5/c1-8(5-6-11(13)14)17-10-4-2-3-9(7-10)12(15)16/h2-4,7-8H,5-6H2,1H3,(H,13,14). The van der Waals surface area contributed by atoms with Gasteiger partial charge in [0.25, 0.3) is 5.69 Å². The van der Waals surface area contributed by atoms with Crippen molar-refractivity contribution in [2.24, 2.45) is 0 Å². The van der Waals surface area contributed by atoms with Gasteiger partial charge in [-0.2, -0.15) is 0 Å². The molecule has 6 nitrogen and oxygen atoms in total. The monoisotopic (exact) mass is 239 g/mol. The molecule has 1 atom stereocenters. The van der Waals surface area contributed by atoms with Crippen molar-refractivity contribution in [3.8, 4) is 5.75 Å². The Morgan fingerprint density at radius 2 is 2.29 bits per heavy atom. The lowest BCUT2D eigenvalue weighted by Crippen LogP contribution is -2.13. The molecule has 6 heteroatoms. The molecule has 0 heterocycles. The zero-order valence-corrected chi connectivity index (χ0v) is 9.33. The Balaban J connectivity index is 2.58. The quantitative estimate of drug-likeness (QED) is 0.607. The lowest BCUT2D eigenvalue weighted by Gasteiger charge is -2.13. The van der Waals surface area contributed by atoms with E-state index in [9.17, 15) is 14.9 Å². The molecule has 0 aromatic heterocycles. The minimum absolute atomic E-state index is 0.0100. The van der Waals surface area contributed by atoms with Crippen LogP contribution in [0, 0.1) is 10.1 Å². The maximum absolute atomic E-state index is 10.5. The summed E-state index contributed by atoms with van der Waals surface area (Å²) in [6.07, 6.45) is 0.0711. The molecule has 1 aromatic carbocycles. The van der Waals surface area contributed by atoms with Crippen LogP contribution in [0.15, 0.2) is 24.3 Å². The van der Waals surface area contributed by atoms with Gasteiger partial charge in [-0.05, 0) is 19.4 Å². The van der Waals surface area contributed by atoms with Gasteiger partial charge in [0.15, 0.2) is 0 Å². The molecule has 0 saturated carbocycles. The summed E-state index contributed by atoms with van der Waals surface area (Å²) < 4.78 is 5.39. The van der Waals surface area contributed by atoms with Crippen molar-refractivity contribution >= 4 is 11.7 Å². The largest absolute Gasteiger partial charge is 0.490 e. The van der Waals surface area contributed by atoms with Crippen molar-refractivity contribution in [1.82, 2.24) is 0 Å². The number of benzene rings is 1. The van der Waals surface area contributed by atoms with Gasteiger partial charge in [-0.25, -0.2) is 0 Å². The predicted molar refractivity (Wildman–Crippen MR) is 60.1 cm³/mol. The number of carboxylic acids is 1. The number of carboxylic acid groups (broad SMARTS) is 1. The van der Waals surface area contributed by atoms with E-state index >= 15 is 0 Å². The van der Waals surface area contributed by atoms with Gasteiger partial charge in [-0.3, -0.25) is 14.9 Å². The first kappa shape index (κ1) is 13.0. The highest BCUT2D eigenvalue weighted by Crippen LogP contribution is 2.20. The summed E-state index contributed by atoms with van der Waals surface area (Å²) >= 11 is 0. The highest BCUT2D eigenvalue weighted by atomic mass is 16.6. The maximum Gasteiger partial charge on any atom is 0.303 e. The van der Waals surface area contributed by atoms with Crippen LogP contribution in [-0.4, -0.2) is 22.1 Å². The molecular weight excluding hydrogens is 226 g/mol. The van der Waals surface area contributed by atoms with Crippen LogP contribution in [0.25, 0.3) is 0 Å². The molecule has 0 bridgehead atoms. The van der Waals surface area contributed by atoms with E-state index in [1.165, 1.54) is 18.2 Å². The highest BCUT2D eigenvalue weighted by molar-refractivity contribution is 5.66. The van der Waals surface area contributed by atoms with Gasteiger partial charge < -0.3 is 9.84 Å². The Hall–Kier alpha value is -2.11. The summed E-state index contributed by atoms with van der Waals surface area (Å²) in [5.41, 5.74) is -0.0482. The van der Waals surface area contributed by atoms with Crippen LogP contribution >= 0.6 is 0 Å². The number of nitrogens with zero attached hydrogens (tertiary/aromatic N) is 1. The topological polar surface area (TPSA) is 89.7 Å². The minimum Gasteiger partial charge on any atom is -0.490 e. The fourth-order valence-electron chi connectivity index (χ4n) is 1.29. The van der Waals surface area contributed by atoms with Crippen LogP contribution in [-0.2, 0) is 4.79 Å². The third kappa shape index (κ3) is 4.50. The first-order valence-electron chi connectivity index (χ1n) is 5.12. The second-order valence-electron chi connectivity index (χ2n) is 3.62. The van der Waals surface area contributed by atoms with E-state index in [1.54, 1.807) is 13.0 Å². The highest BCUT2D eigenvalue weighted by Gasteiger charge is 2.10. The van der Waals surface area contributed by atoms with Crippen molar-refractivity contribution in [2.75, 3.05) is 0 Å². The smallest absolute Gasteiger partial charge is 0.303 e. The third-order valence-corrected chi connectivity index (χ3v) is 2.13. The summed E-state index contributed by atoms with van der Waals surface area (Å²) in [5.74, 6) is -0.517. The number of carbonyl (C=O) groups is 1. The normalized spacial score (nSPS) is 11.8. The van der Waals surface area contributed by atoms with E-state index in [0.717, 1.165) is 0 Å². The summed E-state index contributed by atoms with van der Waals surface area (Å²) in [7, 11) is 0. The summed E-state index contributed by atoms with van der Waals surface area (Å²) in [6, 6.07) is 5.81. The van der Waals surface area contributed by atoms with Gasteiger partial charge in [-0.1, -0.05) is 6.07 Å².